The van der Waals surface area contributed by atoms with Crippen molar-refractivity contribution in [3.63, 3.8) is 0 Å². The van der Waals surface area contributed by atoms with Crippen LogP contribution in [0.15, 0.2) is 57.0 Å². The van der Waals surface area contributed by atoms with Gasteiger partial charge in [0.2, 0.25) is 0 Å². The maximum Gasteiger partial charge on any atom is 0.173 e. The minimum absolute atomic E-state index is 0.00846. The molecule has 0 radical (unpaired) electrons. The highest BCUT2D eigenvalue weighted by molar-refractivity contribution is 9.10. The number of oxime groups is 1. The molecule has 0 atom stereocenters. The molecule has 2 rings (SSSR count). The number of hydrogen-bond donors (Lipinski definition) is 2. The summed E-state index contributed by atoms with van der Waals surface area (Å²) in [6.07, 6.45) is 1.98. The van der Waals surface area contributed by atoms with E-state index in [2.05, 4.69) is 21.1 Å². The van der Waals surface area contributed by atoms with E-state index in [-0.39, 0.29) is 5.84 Å². The Kier molecular flexibility index (Phi) is 4.92. The van der Waals surface area contributed by atoms with Crippen molar-refractivity contribution in [1.29, 1.82) is 0 Å². The molecule has 20 heavy (non-hydrogen) atoms. The molecular formula is C14H13BrN2O2S. The number of halogens is 1. The van der Waals surface area contributed by atoms with Crippen molar-refractivity contribution in [2.45, 2.75) is 4.90 Å². The molecule has 0 aromatic heterocycles. The molecule has 0 unspecified atom stereocenters. The molecule has 2 aromatic rings. The third-order valence-electron chi connectivity index (χ3n) is 2.62. The first-order valence-electron chi connectivity index (χ1n) is 5.74. The lowest BCUT2D eigenvalue weighted by atomic mass is 10.2. The average molecular weight is 353 g/mol. The molecule has 0 saturated heterocycles. The Balaban J connectivity index is 2.45. The van der Waals surface area contributed by atoms with E-state index >= 15 is 0 Å². The molecule has 3 N–H and O–H groups in total. The van der Waals surface area contributed by atoms with Gasteiger partial charge in [-0.15, -0.1) is 11.8 Å². The van der Waals surface area contributed by atoms with Gasteiger partial charge in [0.05, 0.1) is 5.56 Å². The van der Waals surface area contributed by atoms with Crippen LogP contribution in [-0.2, 0) is 0 Å². The number of rotatable bonds is 4. The molecular weight excluding hydrogens is 340 g/mol. The van der Waals surface area contributed by atoms with Crippen LogP contribution in [0.2, 0.25) is 0 Å². The summed E-state index contributed by atoms with van der Waals surface area (Å²) in [6.45, 7) is 0. The molecule has 0 aliphatic carbocycles. The summed E-state index contributed by atoms with van der Waals surface area (Å²) < 4.78 is 6.76. The number of thioether (sulfide) groups is 1. The second-order valence-electron chi connectivity index (χ2n) is 3.88. The summed E-state index contributed by atoms with van der Waals surface area (Å²) in [4.78, 5) is 1.01. The van der Waals surface area contributed by atoms with E-state index in [0.717, 1.165) is 15.1 Å². The first-order valence-corrected chi connectivity index (χ1v) is 7.76. The number of nitrogens with two attached hydrogens (primary N) is 1. The van der Waals surface area contributed by atoms with Crippen molar-refractivity contribution in [3.8, 4) is 11.5 Å². The summed E-state index contributed by atoms with van der Waals surface area (Å²) in [5, 5.41) is 11.9. The van der Waals surface area contributed by atoms with Crippen LogP contribution in [0, 0.1) is 0 Å². The fourth-order valence-electron chi connectivity index (χ4n) is 1.67. The summed E-state index contributed by atoms with van der Waals surface area (Å²) in [7, 11) is 0. The Morgan fingerprint density at radius 3 is 2.70 bits per heavy atom. The van der Waals surface area contributed by atoms with E-state index in [4.69, 9.17) is 15.7 Å². The van der Waals surface area contributed by atoms with E-state index in [0.29, 0.717) is 11.3 Å². The Hall–Kier alpha value is -1.66. The largest absolute Gasteiger partial charge is 0.455 e. The standard InChI is InChI=1S/C14H13BrN2O2S/c1-20-13-5-3-2-4-11(13)19-12-8-9(15)6-7-10(12)14(16)17-18/h2-8,18H,1H3,(H2,16,17). The SMILES string of the molecule is CSc1ccccc1Oc1cc(Br)ccc1/C(N)=N/O. The van der Waals surface area contributed by atoms with Gasteiger partial charge in [0.25, 0.3) is 0 Å². The predicted octanol–water partition coefficient (Wildman–Crippen LogP) is 4.06. The third-order valence-corrected chi connectivity index (χ3v) is 3.89. The zero-order valence-electron chi connectivity index (χ0n) is 10.7. The van der Waals surface area contributed by atoms with Crippen LogP contribution in [0.1, 0.15) is 5.56 Å². The van der Waals surface area contributed by atoms with Crippen molar-refractivity contribution < 1.29 is 9.94 Å². The van der Waals surface area contributed by atoms with Gasteiger partial charge in [0.1, 0.15) is 11.5 Å². The Morgan fingerprint density at radius 2 is 2.00 bits per heavy atom. The Bertz CT molecular complexity index is 647. The quantitative estimate of drug-likeness (QED) is 0.286. The molecule has 104 valence electrons. The monoisotopic (exact) mass is 352 g/mol. The van der Waals surface area contributed by atoms with Gasteiger partial charge in [-0.1, -0.05) is 33.2 Å². The topological polar surface area (TPSA) is 67.8 Å². The van der Waals surface area contributed by atoms with Gasteiger partial charge in [-0.25, -0.2) is 0 Å². The number of amidine groups is 1. The molecule has 0 aliphatic rings. The third kappa shape index (κ3) is 3.26. The predicted molar refractivity (Wildman–Crippen MR) is 84.9 cm³/mol. The highest BCUT2D eigenvalue weighted by Gasteiger charge is 2.12. The Morgan fingerprint density at radius 1 is 1.25 bits per heavy atom. The van der Waals surface area contributed by atoms with Crippen molar-refractivity contribution >= 4 is 33.5 Å². The van der Waals surface area contributed by atoms with Crippen molar-refractivity contribution in [3.05, 3.63) is 52.5 Å². The number of para-hydroxylation sites is 1. The maximum absolute atomic E-state index is 8.84. The van der Waals surface area contributed by atoms with Crippen LogP contribution < -0.4 is 10.5 Å². The molecule has 0 bridgehead atoms. The molecule has 6 heteroatoms. The summed E-state index contributed by atoms with van der Waals surface area (Å²) >= 11 is 4.98. The van der Waals surface area contributed by atoms with Crippen LogP contribution in [0.25, 0.3) is 0 Å². The number of ether oxygens (including phenoxy) is 1. The van der Waals surface area contributed by atoms with E-state index < -0.39 is 0 Å². The van der Waals surface area contributed by atoms with Crippen molar-refractivity contribution in [2.75, 3.05) is 6.26 Å². The van der Waals surface area contributed by atoms with E-state index in [1.165, 1.54) is 0 Å². The lowest BCUT2D eigenvalue weighted by Gasteiger charge is -2.13. The van der Waals surface area contributed by atoms with Crippen LogP contribution in [0.4, 0.5) is 0 Å². The van der Waals surface area contributed by atoms with Crippen molar-refractivity contribution in [1.82, 2.24) is 0 Å². The lowest BCUT2D eigenvalue weighted by Crippen LogP contribution is -2.14. The van der Waals surface area contributed by atoms with E-state index in [1.54, 1.807) is 30.0 Å². The average Bonchev–Trinajstić information content (AvgIpc) is 2.47. The van der Waals surface area contributed by atoms with Crippen LogP contribution in [0.5, 0.6) is 11.5 Å². The van der Waals surface area contributed by atoms with E-state index in [1.807, 2.05) is 30.5 Å². The Labute approximate surface area is 129 Å². The zero-order chi connectivity index (χ0) is 14.5. The first-order chi connectivity index (χ1) is 9.65. The van der Waals surface area contributed by atoms with Gasteiger partial charge < -0.3 is 15.7 Å². The van der Waals surface area contributed by atoms with Gasteiger partial charge in [-0.2, -0.15) is 0 Å². The fourth-order valence-corrected chi connectivity index (χ4v) is 2.53. The van der Waals surface area contributed by atoms with E-state index in [9.17, 15) is 0 Å². The minimum Gasteiger partial charge on any atom is -0.455 e. The smallest absolute Gasteiger partial charge is 0.173 e. The molecule has 0 spiro atoms. The van der Waals surface area contributed by atoms with Gasteiger partial charge >= 0.3 is 0 Å². The highest BCUT2D eigenvalue weighted by Crippen LogP contribution is 2.34. The molecule has 2 aromatic carbocycles. The number of nitrogens with zero attached hydrogens (tertiary/aromatic N) is 1. The van der Waals surface area contributed by atoms with Crippen LogP contribution in [-0.4, -0.2) is 17.3 Å². The molecule has 4 nitrogen and oxygen atoms in total. The zero-order valence-corrected chi connectivity index (χ0v) is 13.1. The minimum atomic E-state index is 0.00846. The first kappa shape index (κ1) is 14.7. The normalized spacial score (nSPS) is 11.4. The summed E-state index contributed by atoms with van der Waals surface area (Å²) in [5.74, 6) is 1.26. The maximum atomic E-state index is 8.84. The molecule has 0 amide bonds. The molecule has 0 fully saturated rings. The number of hydrogen-bond acceptors (Lipinski definition) is 4. The molecule has 0 aliphatic heterocycles. The second-order valence-corrected chi connectivity index (χ2v) is 5.64. The lowest BCUT2D eigenvalue weighted by molar-refractivity contribution is 0.318. The van der Waals surface area contributed by atoms with Crippen LogP contribution in [0.3, 0.4) is 0 Å². The van der Waals surface area contributed by atoms with Gasteiger partial charge in [-0.05, 0) is 36.6 Å². The molecule has 0 heterocycles. The molecule has 0 saturated carbocycles. The van der Waals surface area contributed by atoms with Gasteiger partial charge in [-0.3, -0.25) is 0 Å². The highest BCUT2D eigenvalue weighted by atomic mass is 79.9. The van der Waals surface area contributed by atoms with Crippen molar-refractivity contribution in [2.24, 2.45) is 10.9 Å². The van der Waals surface area contributed by atoms with Crippen LogP contribution >= 0.6 is 27.7 Å². The van der Waals surface area contributed by atoms with Gasteiger partial charge in [0.15, 0.2) is 5.84 Å². The summed E-state index contributed by atoms with van der Waals surface area (Å²) in [5.41, 5.74) is 6.20. The summed E-state index contributed by atoms with van der Waals surface area (Å²) in [6, 6.07) is 13.0. The number of benzene rings is 2. The van der Waals surface area contributed by atoms with Gasteiger partial charge in [0, 0.05) is 9.37 Å². The second kappa shape index (κ2) is 6.67. The fraction of sp³-hybridized carbons (Fsp3) is 0.0714.